The molecule has 116 valence electrons. The smallest absolute Gasteiger partial charge is 0.244 e. The molecule has 0 spiro atoms. The molecule has 1 heterocycles. The summed E-state index contributed by atoms with van der Waals surface area (Å²) in [5.74, 6) is 0.0191. The molecule has 1 saturated heterocycles. The lowest BCUT2D eigenvalue weighted by molar-refractivity contribution is -0.134. The van der Waals surface area contributed by atoms with Crippen LogP contribution in [0, 0.1) is 0 Å². The third-order valence-corrected chi connectivity index (χ3v) is 3.86. The number of rotatable bonds is 6. The molecule has 0 aliphatic carbocycles. The SMILES string of the molecule is CCOCCN1CCN(C(=O)C(N)c2ccccc2)CC1. The fourth-order valence-electron chi connectivity index (χ4n) is 2.53. The van der Waals surface area contributed by atoms with E-state index in [-0.39, 0.29) is 5.91 Å². The van der Waals surface area contributed by atoms with Gasteiger partial charge >= 0.3 is 0 Å². The fraction of sp³-hybridized carbons (Fsp3) is 0.562. The van der Waals surface area contributed by atoms with Crippen LogP contribution in [-0.2, 0) is 9.53 Å². The molecule has 0 saturated carbocycles. The van der Waals surface area contributed by atoms with Crippen molar-refractivity contribution in [2.45, 2.75) is 13.0 Å². The van der Waals surface area contributed by atoms with Gasteiger partial charge in [-0.2, -0.15) is 0 Å². The summed E-state index contributed by atoms with van der Waals surface area (Å²) in [7, 11) is 0. The van der Waals surface area contributed by atoms with Crippen molar-refractivity contribution in [3.05, 3.63) is 35.9 Å². The highest BCUT2D eigenvalue weighted by Gasteiger charge is 2.25. The highest BCUT2D eigenvalue weighted by molar-refractivity contribution is 5.83. The summed E-state index contributed by atoms with van der Waals surface area (Å²) < 4.78 is 5.36. The van der Waals surface area contributed by atoms with Gasteiger partial charge in [0.1, 0.15) is 6.04 Å². The van der Waals surface area contributed by atoms with Gasteiger partial charge in [0, 0.05) is 39.3 Å². The van der Waals surface area contributed by atoms with E-state index in [1.54, 1.807) is 0 Å². The Bertz CT molecular complexity index is 430. The van der Waals surface area contributed by atoms with Crippen LogP contribution in [-0.4, -0.2) is 61.6 Å². The lowest BCUT2D eigenvalue weighted by Gasteiger charge is -2.35. The minimum absolute atomic E-state index is 0.0191. The monoisotopic (exact) mass is 291 g/mol. The van der Waals surface area contributed by atoms with E-state index in [2.05, 4.69) is 4.90 Å². The number of hydrogen-bond donors (Lipinski definition) is 1. The number of ether oxygens (including phenoxy) is 1. The number of amides is 1. The Hall–Kier alpha value is -1.43. The summed E-state index contributed by atoms with van der Waals surface area (Å²) in [6.07, 6.45) is 0. The highest BCUT2D eigenvalue weighted by Crippen LogP contribution is 2.14. The van der Waals surface area contributed by atoms with Gasteiger partial charge in [-0.3, -0.25) is 9.69 Å². The van der Waals surface area contributed by atoms with Crippen LogP contribution in [0.2, 0.25) is 0 Å². The van der Waals surface area contributed by atoms with Gasteiger partial charge in [-0.05, 0) is 12.5 Å². The van der Waals surface area contributed by atoms with Crippen LogP contribution in [0.25, 0.3) is 0 Å². The molecule has 1 amide bonds. The summed E-state index contributed by atoms with van der Waals surface area (Å²) in [6.45, 7) is 7.71. The van der Waals surface area contributed by atoms with Crippen molar-refractivity contribution in [3.8, 4) is 0 Å². The van der Waals surface area contributed by atoms with Crippen LogP contribution in [0.3, 0.4) is 0 Å². The first kappa shape index (κ1) is 15.9. The van der Waals surface area contributed by atoms with Crippen molar-refractivity contribution in [3.63, 3.8) is 0 Å². The van der Waals surface area contributed by atoms with Crippen LogP contribution in [0.4, 0.5) is 0 Å². The first-order valence-corrected chi connectivity index (χ1v) is 7.61. The Kier molecular flexibility index (Phi) is 6.17. The van der Waals surface area contributed by atoms with Crippen molar-refractivity contribution in [1.82, 2.24) is 9.80 Å². The van der Waals surface area contributed by atoms with Crippen molar-refractivity contribution in [1.29, 1.82) is 0 Å². The number of nitrogens with two attached hydrogens (primary N) is 1. The molecule has 1 atom stereocenters. The van der Waals surface area contributed by atoms with Gasteiger partial charge in [0.05, 0.1) is 6.61 Å². The molecular formula is C16H25N3O2. The average molecular weight is 291 g/mol. The predicted octanol–water partition coefficient (Wildman–Crippen LogP) is 0.867. The fourth-order valence-corrected chi connectivity index (χ4v) is 2.53. The molecule has 1 fully saturated rings. The molecule has 2 N–H and O–H groups in total. The van der Waals surface area contributed by atoms with E-state index in [9.17, 15) is 4.79 Å². The third-order valence-electron chi connectivity index (χ3n) is 3.86. The number of carbonyl (C=O) groups excluding carboxylic acids is 1. The van der Waals surface area contributed by atoms with E-state index in [1.165, 1.54) is 0 Å². The van der Waals surface area contributed by atoms with Crippen LogP contribution in [0.1, 0.15) is 18.5 Å². The Morgan fingerprint density at radius 2 is 1.90 bits per heavy atom. The van der Waals surface area contributed by atoms with E-state index in [0.29, 0.717) is 0 Å². The van der Waals surface area contributed by atoms with E-state index in [0.717, 1.165) is 51.5 Å². The van der Waals surface area contributed by atoms with E-state index >= 15 is 0 Å². The normalized spacial score (nSPS) is 17.7. The first-order valence-electron chi connectivity index (χ1n) is 7.61. The molecule has 2 rings (SSSR count). The average Bonchev–Trinajstić information content (AvgIpc) is 2.55. The molecule has 5 heteroatoms. The van der Waals surface area contributed by atoms with Gasteiger partial charge < -0.3 is 15.4 Å². The Morgan fingerprint density at radius 1 is 1.24 bits per heavy atom. The van der Waals surface area contributed by atoms with Crippen LogP contribution in [0.15, 0.2) is 30.3 Å². The van der Waals surface area contributed by atoms with Crippen molar-refractivity contribution >= 4 is 5.91 Å². The zero-order valence-corrected chi connectivity index (χ0v) is 12.7. The maximum Gasteiger partial charge on any atom is 0.244 e. The zero-order chi connectivity index (χ0) is 15.1. The predicted molar refractivity (Wildman–Crippen MR) is 82.9 cm³/mol. The lowest BCUT2D eigenvalue weighted by Crippen LogP contribution is -2.51. The largest absolute Gasteiger partial charge is 0.380 e. The highest BCUT2D eigenvalue weighted by atomic mass is 16.5. The van der Waals surface area contributed by atoms with Crippen LogP contribution in [0.5, 0.6) is 0 Å². The summed E-state index contributed by atoms with van der Waals surface area (Å²) in [6, 6.07) is 9.00. The summed E-state index contributed by atoms with van der Waals surface area (Å²) in [4.78, 5) is 16.6. The second kappa shape index (κ2) is 8.12. The molecule has 1 aliphatic rings. The Balaban J connectivity index is 1.80. The number of hydrogen-bond acceptors (Lipinski definition) is 4. The number of piperazine rings is 1. The third kappa shape index (κ3) is 4.52. The number of benzene rings is 1. The van der Waals surface area contributed by atoms with Crippen molar-refractivity contribution < 1.29 is 9.53 Å². The molecule has 1 aromatic carbocycles. The van der Waals surface area contributed by atoms with Gasteiger partial charge in [0.2, 0.25) is 5.91 Å². The maximum atomic E-state index is 12.4. The molecule has 1 aromatic rings. The molecule has 0 aromatic heterocycles. The van der Waals surface area contributed by atoms with Gasteiger partial charge in [-0.15, -0.1) is 0 Å². The van der Waals surface area contributed by atoms with E-state index in [4.69, 9.17) is 10.5 Å². The van der Waals surface area contributed by atoms with Gasteiger partial charge in [-0.1, -0.05) is 30.3 Å². The van der Waals surface area contributed by atoms with E-state index in [1.807, 2.05) is 42.2 Å². The second-order valence-corrected chi connectivity index (χ2v) is 5.25. The van der Waals surface area contributed by atoms with Gasteiger partial charge in [-0.25, -0.2) is 0 Å². The Morgan fingerprint density at radius 3 is 2.52 bits per heavy atom. The van der Waals surface area contributed by atoms with Crippen molar-refractivity contribution in [2.24, 2.45) is 5.73 Å². The minimum atomic E-state index is -0.554. The summed E-state index contributed by atoms with van der Waals surface area (Å²) >= 11 is 0. The standard InChI is InChI=1S/C16H25N3O2/c1-2-21-13-12-18-8-10-19(11-9-18)16(20)15(17)14-6-4-3-5-7-14/h3-7,15H,2,8-13,17H2,1H3. The molecule has 1 unspecified atom stereocenters. The minimum Gasteiger partial charge on any atom is -0.380 e. The first-order chi connectivity index (χ1) is 10.2. The molecular weight excluding hydrogens is 266 g/mol. The quantitative estimate of drug-likeness (QED) is 0.790. The summed E-state index contributed by atoms with van der Waals surface area (Å²) in [5, 5.41) is 0. The second-order valence-electron chi connectivity index (χ2n) is 5.25. The maximum absolute atomic E-state index is 12.4. The van der Waals surface area contributed by atoms with E-state index < -0.39 is 6.04 Å². The molecule has 0 bridgehead atoms. The number of nitrogens with zero attached hydrogens (tertiary/aromatic N) is 2. The zero-order valence-electron chi connectivity index (χ0n) is 12.7. The van der Waals surface area contributed by atoms with Crippen LogP contribution >= 0.6 is 0 Å². The van der Waals surface area contributed by atoms with Crippen LogP contribution < -0.4 is 5.73 Å². The van der Waals surface area contributed by atoms with Crippen molar-refractivity contribution in [2.75, 3.05) is 45.9 Å². The number of carbonyl (C=O) groups is 1. The molecule has 5 nitrogen and oxygen atoms in total. The topological polar surface area (TPSA) is 58.8 Å². The summed E-state index contributed by atoms with van der Waals surface area (Å²) in [5.41, 5.74) is 6.95. The van der Waals surface area contributed by atoms with Gasteiger partial charge in [0.15, 0.2) is 0 Å². The van der Waals surface area contributed by atoms with Gasteiger partial charge in [0.25, 0.3) is 0 Å². The molecule has 21 heavy (non-hydrogen) atoms. The molecule has 0 radical (unpaired) electrons. The lowest BCUT2D eigenvalue weighted by atomic mass is 10.1. The molecule has 1 aliphatic heterocycles. The Labute approximate surface area is 126 Å².